The van der Waals surface area contributed by atoms with Gasteiger partial charge in [0.15, 0.2) is 0 Å². The minimum absolute atomic E-state index is 0.133. The number of hydrogen-bond acceptors (Lipinski definition) is 5. The molecule has 0 radical (unpaired) electrons. The van der Waals surface area contributed by atoms with Crippen molar-refractivity contribution in [2.45, 2.75) is 20.3 Å². The van der Waals surface area contributed by atoms with E-state index in [0.29, 0.717) is 11.4 Å². The van der Waals surface area contributed by atoms with Crippen LogP contribution in [-0.2, 0) is 16.0 Å². The van der Waals surface area contributed by atoms with E-state index in [1.807, 2.05) is 35.9 Å². The van der Waals surface area contributed by atoms with E-state index in [0.717, 1.165) is 21.1 Å². The van der Waals surface area contributed by atoms with Gasteiger partial charge in [-0.25, -0.2) is 4.98 Å². The van der Waals surface area contributed by atoms with Gasteiger partial charge < -0.3 is 10.6 Å². The molecule has 0 aliphatic carbocycles. The number of carbonyl (C=O) groups is 2. The van der Waals surface area contributed by atoms with E-state index < -0.39 is 0 Å². The molecule has 2 amide bonds. The van der Waals surface area contributed by atoms with E-state index in [1.165, 1.54) is 18.3 Å². The lowest BCUT2D eigenvalue weighted by Crippen LogP contribution is -2.16. The molecule has 0 aliphatic rings. The van der Waals surface area contributed by atoms with Crippen LogP contribution in [0.1, 0.15) is 18.2 Å². The van der Waals surface area contributed by atoms with Gasteiger partial charge in [0.05, 0.1) is 17.0 Å². The van der Waals surface area contributed by atoms with Gasteiger partial charge in [-0.3, -0.25) is 9.59 Å². The summed E-state index contributed by atoms with van der Waals surface area (Å²) in [7, 11) is 0. The van der Waals surface area contributed by atoms with Crippen LogP contribution in [0.15, 0.2) is 41.1 Å². The highest BCUT2D eigenvalue weighted by atomic mass is 32.1. The van der Waals surface area contributed by atoms with E-state index in [4.69, 9.17) is 0 Å². The number of anilines is 2. The van der Waals surface area contributed by atoms with Crippen molar-refractivity contribution in [1.29, 1.82) is 0 Å². The van der Waals surface area contributed by atoms with Crippen molar-refractivity contribution in [1.82, 2.24) is 4.98 Å². The first-order valence-electron chi connectivity index (χ1n) is 7.68. The third kappa shape index (κ3) is 4.32. The molecule has 3 aromatic rings. The van der Waals surface area contributed by atoms with Crippen LogP contribution in [0.2, 0.25) is 0 Å². The number of nitrogens with zero attached hydrogens (tertiary/aromatic N) is 1. The van der Waals surface area contributed by atoms with Crippen molar-refractivity contribution in [2.75, 3.05) is 10.6 Å². The fraction of sp³-hybridized carbons (Fsp3) is 0.167. The Hall–Kier alpha value is -2.51. The summed E-state index contributed by atoms with van der Waals surface area (Å²) in [4.78, 5) is 29.2. The van der Waals surface area contributed by atoms with Crippen LogP contribution in [-0.4, -0.2) is 16.8 Å². The van der Waals surface area contributed by atoms with Crippen molar-refractivity contribution in [2.24, 2.45) is 0 Å². The molecule has 2 N–H and O–H groups in total. The average Bonchev–Trinajstić information content (AvgIpc) is 3.22. The van der Waals surface area contributed by atoms with E-state index in [-0.39, 0.29) is 18.2 Å². The summed E-state index contributed by atoms with van der Waals surface area (Å²) in [6.07, 6.45) is 0.214. The largest absolute Gasteiger partial charge is 0.326 e. The van der Waals surface area contributed by atoms with Crippen LogP contribution in [0.4, 0.5) is 11.4 Å². The van der Waals surface area contributed by atoms with E-state index in [2.05, 4.69) is 15.6 Å². The van der Waals surface area contributed by atoms with Crippen molar-refractivity contribution >= 4 is 45.9 Å². The molecule has 0 spiro atoms. The standard InChI is InChI=1S/C18H17N3O2S2/c1-11-14(19-12(2)22)5-3-6-15(11)21-17(23)9-13-10-25-18(20-13)16-7-4-8-24-16/h3-8,10H,9H2,1-2H3,(H,19,22)(H,21,23). The molecule has 0 aliphatic heterocycles. The van der Waals surface area contributed by atoms with Gasteiger partial charge in [-0.05, 0) is 36.1 Å². The topological polar surface area (TPSA) is 71.1 Å². The van der Waals surface area contributed by atoms with Crippen LogP contribution in [0.5, 0.6) is 0 Å². The minimum Gasteiger partial charge on any atom is -0.326 e. The first-order chi connectivity index (χ1) is 12.0. The maximum absolute atomic E-state index is 12.3. The fourth-order valence-electron chi connectivity index (χ4n) is 2.36. The van der Waals surface area contributed by atoms with Gasteiger partial charge >= 0.3 is 0 Å². The highest BCUT2D eigenvalue weighted by Gasteiger charge is 2.12. The molecule has 0 saturated heterocycles. The smallest absolute Gasteiger partial charge is 0.230 e. The summed E-state index contributed by atoms with van der Waals surface area (Å²) in [6.45, 7) is 3.32. The summed E-state index contributed by atoms with van der Waals surface area (Å²) in [6, 6.07) is 9.42. The van der Waals surface area contributed by atoms with Gasteiger partial charge in [-0.2, -0.15) is 0 Å². The summed E-state index contributed by atoms with van der Waals surface area (Å²) < 4.78 is 0. The molecule has 0 saturated carbocycles. The third-order valence-corrected chi connectivity index (χ3v) is 5.47. The predicted octanol–water partition coefficient (Wildman–Crippen LogP) is 4.32. The van der Waals surface area contributed by atoms with Crippen LogP contribution < -0.4 is 10.6 Å². The van der Waals surface area contributed by atoms with Gasteiger partial charge in [0.1, 0.15) is 5.01 Å². The molecule has 0 unspecified atom stereocenters. The van der Waals surface area contributed by atoms with Crippen molar-refractivity contribution in [3.8, 4) is 9.88 Å². The maximum atomic E-state index is 12.3. The van der Waals surface area contributed by atoms with Crippen molar-refractivity contribution < 1.29 is 9.59 Å². The molecule has 2 heterocycles. The first kappa shape index (κ1) is 17.3. The molecule has 0 bridgehead atoms. The fourth-order valence-corrected chi connectivity index (χ4v) is 3.99. The molecule has 128 valence electrons. The number of benzene rings is 1. The molecule has 1 aromatic carbocycles. The van der Waals surface area contributed by atoms with Crippen LogP contribution >= 0.6 is 22.7 Å². The van der Waals surface area contributed by atoms with Gasteiger partial charge in [0, 0.05) is 23.7 Å². The number of rotatable bonds is 5. The van der Waals surface area contributed by atoms with Crippen molar-refractivity contribution in [3.05, 3.63) is 52.3 Å². The average molecular weight is 371 g/mol. The molecular formula is C18H17N3O2S2. The van der Waals surface area contributed by atoms with Gasteiger partial charge in [0.2, 0.25) is 11.8 Å². The van der Waals surface area contributed by atoms with Crippen LogP contribution in [0.3, 0.4) is 0 Å². The summed E-state index contributed by atoms with van der Waals surface area (Å²) in [5.74, 6) is -0.277. The second kappa shape index (κ2) is 7.58. The number of thiazole rings is 1. The predicted molar refractivity (Wildman–Crippen MR) is 103 cm³/mol. The summed E-state index contributed by atoms with van der Waals surface area (Å²) >= 11 is 3.17. The Kier molecular flexibility index (Phi) is 5.25. The monoisotopic (exact) mass is 371 g/mol. The van der Waals surface area contributed by atoms with Gasteiger partial charge in [-0.15, -0.1) is 22.7 Å². The number of thiophene rings is 1. The lowest BCUT2D eigenvalue weighted by molar-refractivity contribution is -0.116. The minimum atomic E-state index is -0.143. The normalized spacial score (nSPS) is 10.5. The Morgan fingerprint density at radius 3 is 2.52 bits per heavy atom. The highest BCUT2D eigenvalue weighted by Crippen LogP contribution is 2.28. The lowest BCUT2D eigenvalue weighted by atomic mass is 10.1. The zero-order valence-corrected chi connectivity index (χ0v) is 15.5. The highest BCUT2D eigenvalue weighted by molar-refractivity contribution is 7.20. The lowest BCUT2D eigenvalue weighted by Gasteiger charge is -2.12. The SMILES string of the molecule is CC(=O)Nc1cccc(NC(=O)Cc2csc(-c3cccs3)n2)c1C. The maximum Gasteiger partial charge on any atom is 0.230 e. The van der Waals surface area contributed by atoms with Gasteiger partial charge in [-0.1, -0.05) is 12.1 Å². The first-order valence-corrected chi connectivity index (χ1v) is 9.44. The zero-order chi connectivity index (χ0) is 17.8. The number of aromatic nitrogens is 1. The number of hydrogen-bond donors (Lipinski definition) is 2. The third-order valence-electron chi connectivity index (χ3n) is 3.54. The Labute approximate surface area is 153 Å². The number of carbonyl (C=O) groups excluding carboxylic acids is 2. The van der Waals surface area contributed by atoms with Crippen LogP contribution in [0, 0.1) is 6.92 Å². The Bertz CT molecular complexity index is 901. The van der Waals surface area contributed by atoms with Crippen LogP contribution in [0.25, 0.3) is 9.88 Å². The molecule has 2 aromatic heterocycles. The number of amides is 2. The summed E-state index contributed by atoms with van der Waals surface area (Å²) in [5, 5.41) is 10.5. The number of nitrogens with one attached hydrogen (secondary N) is 2. The Morgan fingerprint density at radius 2 is 1.84 bits per heavy atom. The molecular weight excluding hydrogens is 354 g/mol. The van der Waals surface area contributed by atoms with E-state index >= 15 is 0 Å². The quantitative estimate of drug-likeness (QED) is 0.702. The zero-order valence-electron chi connectivity index (χ0n) is 13.8. The Morgan fingerprint density at radius 1 is 1.08 bits per heavy atom. The Balaban J connectivity index is 1.68. The molecule has 7 heteroatoms. The summed E-state index contributed by atoms with van der Waals surface area (Å²) in [5.41, 5.74) is 2.95. The van der Waals surface area contributed by atoms with E-state index in [9.17, 15) is 9.59 Å². The molecule has 5 nitrogen and oxygen atoms in total. The van der Waals surface area contributed by atoms with Crippen molar-refractivity contribution in [3.63, 3.8) is 0 Å². The molecule has 3 rings (SSSR count). The van der Waals surface area contributed by atoms with Gasteiger partial charge in [0.25, 0.3) is 0 Å². The molecule has 25 heavy (non-hydrogen) atoms. The molecule has 0 atom stereocenters. The van der Waals surface area contributed by atoms with E-state index in [1.54, 1.807) is 23.5 Å². The second-order valence-corrected chi connectivity index (χ2v) is 7.31. The second-order valence-electron chi connectivity index (χ2n) is 5.51. The molecule has 0 fully saturated rings.